The number of methoxy groups -OCH3 is 2. The van der Waals surface area contributed by atoms with Crippen molar-refractivity contribution in [2.45, 2.75) is 12.3 Å². The summed E-state index contributed by atoms with van der Waals surface area (Å²) in [4.78, 5) is 22.7. The number of rotatable bonds is 4. The van der Waals surface area contributed by atoms with Crippen LogP contribution in [0.2, 0.25) is 0 Å². The summed E-state index contributed by atoms with van der Waals surface area (Å²) in [7, 11) is 2.59. The molecule has 16 heavy (non-hydrogen) atoms. The first kappa shape index (κ1) is 12.2. The topological polar surface area (TPSA) is 52.6 Å². The Labute approximate surface area is 94.2 Å². The molecule has 0 aliphatic heterocycles. The van der Waals surface area contributed by atoms with E-state index in [2.05, 4.69) is 9.47 Å². The Hall–Kier alpha value is -1.84. The zero-order valence-electron chi connectivity index (χ0n) is 9.30. The van der Waals surface area contributed by atoms with Crippen LogP contribution in [-0.2, 0) is 19.1 Å². The lowest BCUT2D eigenvalue weighted by Gasteiger charge is -2.13. The maximum atomic E-state index is 11.5. The van der Waals surface area contributed by atoms with Gasteiger partial charge in [-0.25, -0.2) is 0 Å². The van der Waals surface area contributed by atoms with Gasteiger partial charge in [0.15, 0.2) is 0 Å². The van der Waals surface area contributed by atoms with Crippen LogP contribution >= 0.6 is 0 Å². The van der Waals surface area contributed by atoms with Gasteiger partial charge in [0, 0.05) is 0 Å². The zero-order valence-corrected chi connectivity index (χ0v) is 9.30. The number of hydrogen-bond donors (Lipinski definition) is 0. The summed E-state index contributed by atoms with van der Waals surface area (Å²) in [6, 6.07) is 9.02. The lowest BCUT2D eigenvalue weighted by molar-refractivity contribution is -0.149. The number of benzene rings is 1. The fourth-order valence-corrected chi connectivity index (χ4v) is 1.41. The summed E-state index contributed by atoms with van der Waals surface area (Å²) < 4.78 is 9.22. The summed E-state index contributed by atoms with van der Waals surface area (Å²) >= 11 is 0. The second-order valence-electron chi connectivity index (χ2n) is 3.27. The van der Waals surface area contributed by atoms with Crippen molar-refractivity contribution in [3.05, 3.63) is 35.9 Å². The highest BCUT2D eigenvalue weighted by molar-refractivity contribution is 5.84. The standard InChI is InChI=1S/C12H14O4/c1-15-11(13)8-10(12(14)16-2)9-6-4-3-5-7-9/h3-7,10H,8H2,1-2H3/t10-/m0/s1. The molecular formula is C12H14O4. The van der Waals surface area contributed by atoms with Crippen molar-refractivity contribution in [2.75, 3.05) is 14.2 Å². The van der Waals surface area contributed by atoms with Crippen LogP contribution in [0.25, 0.3) is 0 Å². The van der Waals surface area contributed by atoms with Gasteiger partial charge in [-0.2, -0.15) is 0 Å². The van der Waals surface area contributed by atoms with Crippen LogP contribution in [-0.4, -0.2) is 26.2 Å². The SMILES string of the molecule is COC(=O)C[C@H](C(=O)OC)c1ccccc1. The number of carbonyl (C=O) groups is 2. The predicted molar refractivity (Wildman–Crippen MR) is 57.8 cm³/mol. The molecule has 0 heterocycles. The van der Waals surface area contributed by atoms with Crippen LogP contribution in [0.3, 0.4) is 0 Å². The second-order valence-corrected chi connectivity index (χ2v) is 3.27. The van der Waals surface area contributed by atoms with Crippen LogP contribution < -0.4 is 0 Å². The molecule has 1 rings (SSSR count). The molecule has 0 N–H and O–H groups in total. The number of hydrogen-bond acceptors (Lipinski definition) is 4. The van der Waals surface area contributed by atoms with Gasteiger partial charge in [0.25, 0.3) is 0 Å². The van der Waals surface area contributed by atoms with E-state index in [1.807, 2.05) is 18.2 Å². The molecule has 0 amide bonds. The second kappa shape index (κ2) is 5.90. The summed E-state index contributed by atoms with van der Waals surface area (Å²) in [6.07, 6.45) is -0.00676. The first-order chi connectivity index (χ1) is 7.69. The molecule has 0 saturated carbocycles. The normalized spacial score (nSPS) is 11.6. The lowest BCUT2D eigenvalue weighted by atomic mass is 9.96. The fraction of sp³-hybridized carbons (Fsp3) is 0.333. The Morgan fingerprint density at radius 3 is 2.25 bits per heavy atom. The van der Waals surface area contributed by atoms with Crippen molar-refractivity contribution in [3.63, 3.8) is 0 Å². The minimum absolute atomic E-state index is 0.00676. The molecule has 1 aromatic rings. The number of ether oxygens (including phenoxy) is 2. The van der Waals surface area contributed by atoms with E-state index in [-0.39, 0.29) is 6.42 Å². The van der Waals surface area contributed by atoms with Crippen LogP contribution in [0, 0.1) is 0 Å². The minimum atomic E-state index is -0.598. The average molecular weight is 222 g/mol. The molecule has 0 spiro atoms. The molecule has 0 aliphatic carbocycles. The van der Waals surface area contributed by atoms with E-state index in [0.29, 0.717) is 0 Å². The summed E-state index contributed by atoms with van der Waals surface area (Å²) in [5.41, 5.74) is 0.750. The monoisotopic (exact) mass is 222 g/mol. The van der Waals surface area contributed by atoms with Gasteiger partial charge in [0.2, 0.25) is 0 Å². The van der Waals surface area contributed by atoms with Gasteiger partial charge in [-0.3, -0.25) is 9.59 Å². The van der Waals surface area contributed by atoms with Crippen LogP contribution in [0.1, 0.15) is 17.9 Å². The Balaban J connectivity index is 2.88. The van der Waals surface area contributed by atoms with E-state index in [4.69, 9.17) is 0 Å². The molecule has 1 atom stereocenters. The quantitative estimate of drug-likeness (QED) is 0.724. The van der Waals surface area contributed by atoms with E-state index in [0.717, 1.165) is 5.56 Å². The molecular weight excluding hydrogens is 208 g/mol. The molecule has 86 valence electrons. The third-order valence-electron chi connectivity index (χ3n) is 2.29. The predicted octanol–water partition coefficient (Wildman–Crippen LogP) is 1.51. The molecule has 0 bridgehead atoms. The molecule has 0 unspecified atom stereocenters. The van der Waals surface area contributed by atoms with Crippen molar-refractivity contribution in [1.82, 2.24) is 0 Å². The fourth-order valence-electron chi connectivity index (χ4n) is 1.41. The van der Waals surface area contributed by atoms with E-state index in [1.165, 1.54) is 14.2 Å². The molecule has 0 fully saturated rings. The van der Waals surface area contributed by atoms with Crippen LogP contribution in [0.4, 0.5) is 0 Å². The van der Waals surface area contributed by atoms with Crippen molar-refractivity contribution < 1.29 is 19.1 Å². The highest BCUT2D eigenvalue weighted by atomic mass is 16.5. The lowest BCUT2D eigenvalue weighted by Crippen LogP contribution is -2.18. The highest BCUT2D eigenvalue weighted by Gasteiger charge is 2.24. The van der Waals surface area contributed by atoms with E-state index < -0.39 is 17.9 Å². The molecule has 0 aromatic heterocycles. The number of esters is 2. The first-order valence-corrected chi connectivity index (χ1v) is 4.88. The Morgan fingerprint density at radius 1 is 1.12 bits per heavy atom. The Kier molecular flexibility index (Phi) is 4.51. The summed E-state index contributed by atoms with van der Waals surface area (Å²) in [5.74, 6) is -1.46. The molecule has 0 aliphatic rings. The third kappa shape index (κ3) is 3.08. The van der Waals surface area contributed by atoms with Gasteiger partial charge >= 0.3 is 11.9 Å². The highest BCUT2D eigenvalue weighted by Crippen LogP contribution is 2.21. The molecule has 4 heteroatoms. The van der Waals surface area contributed by atoms with Crippen molar-refractivity contribution in [3.8, 4) is 0 Å². The Bertz CT molecular complexity index is 359. The third-order valence-corrected chi connectivity index (χ3v) is 2.29. The van der Waals surface area contributed by atoms with Gasteiger partial charge in [0.1, 0.15) is 0 Å². The largest absolute Gasteiger partial charge is 0.469 e. The van der Waals surface area contributed by atoms with Gasteiger partial charge < -0.3 is 9.47 Å². The molecule has 0 saturated heterocycles. The first-order valence-electron chi connectivity index (χ1n) is 4.88. The summed E-state index contributed by atoms with van der Waals surface area (Å²) in [5, 5.41) is 0. The number of carbonyl (C=O) groups excluding carboxylic acids is 2. The minimum Gasteiger partial charge on any atom is -0.469 e. The van der Waals surface area contributed by atoms with Gasteiger partial charge in [0.05, 0.1) is 26.6 Å². The van der Waals surface area contributed by atoms with Crippen LogP contribution in [0.15, 0.2) is 30.3 Å². The van der Waals surface area contributed by atoms with Gasteiger partial charge in [-0.05, 0) is 5.56 Å². The molecule has 1 aromatic carbocycles. The zero-order chi connectivity index (χ0) is 12.0. The van der Waals surface area contributed by atoms with Gasteiger partial charge in [-0.15, -0.1) is 0 Å². The van der Waals surface area contributed by atoms with E-state index in [1.54, 1.807) is 12.1 Å². The summed E-state index contributed by atoms with van der Waals surface area (Å²) in [6.45, 7) is 0. The maximum Gasteiger partial charge on any atom is 0.313 e. The maximum absolute atomic E-state index is 11.5. The van der Waals surface area contributed by atoms with Crippen LogP contribution in [0.5, 0.6) is 0 Å². The average Bonchev–Trinajstić information content (AvgIpc) is 2.35. The van der Waals surface area contributed by atoms with Crippen molar-refractivity contribution >= 4 is 11.9 Å². The van der Waals surface area contributed by atoms with Crippen molar-refractivity contribution in [1.29, 1.82) is 0 Å². The van der Waals surface area contributed by atoms with Crippen molar-refractivity contribution in [2.24, 2.45) is 0 Å². The molecule has 4 nitrogen and oxygen atoms in total. The van der Waals surface area contributed by atoms with Gasteiger partial charge in [-0.1, -0.05) is 30.3 Å². The van der Waals surface area contributed by atoms with E-state index in [9.17, 15) is 9.59 Å². The molecule has 0 radical (unpaired) electrons. The Morgan fingerprint density at radius 2 is 1.75 bits per heavy atom. The smallest absolute Gasteiger partial charge is 0.313 e. The van der Waals surface area contributed by atoms with E-state index >= 15 is 0 Å².